The number of rotatable bonds is 21. The standard InChI is InChI=1S/C24H40Cl2N6O2.2ClH/c25-19-23(33)21-31(15-5-9-27,16-6-10-28)13-3-1-2-4-14-32(17-7-11-29,18-8-12-30)22-24(34)20-26;;/h23-24,33-34H,1-8,13-22H2;2*1H/q+2;;/p-2. The minimum absolute atomic E-state index is 0. The molecule has 0 heterocycles. The smallest absolute Gasteiger partial charge is 0.116 e. The van der Waals surface area contributed by atoms with Crippen LogP contribution in [0.15, 0.2) is 0 Å². The van der Waals surface area contributed by atoms with Crippen molar-refractivity contribution >= 4 is 23.2 Å². The van der Waals surface area contributed by atoms with Gasteiger partial charge in [0.05, 0.1) is 101 Å². The average Bonchev–Trinajstić information content (AvgIpc) is 2.85. The van der Waals surface area contributed by atoms with Gasteiger partial charge in [0.25, 0.3) is 0 Å². The predicted octanol–water partition coefficient (Wildman–Crippen LogP) is -2.96. The van der Waals surface area contributed by atoms with Gasteiger partial charge in [0.15, 0.2) is 0 Å². The van der Waals surface area contributed by atoms with Crippen molar-refractivity contribution < 1.29 is 44.0 Å². The fraction of sp³-hybridized carbons (Fsp3) is 0.833. The third-order valence-corrected chi connectivity index (χ3v) is 7.07. The molecule has 0 rings (SSSR count). The van der Waals surface area contributed by atoms with Crippen molar-refractivity contribution in [3.05, 3.63) is 0 Å². The van der Waals surface area contributed by atoms with Crippen molar-refractivity contribution in [2.75, 3.05) is 64.1 Å². The van der Waals surface area contributed by atoms with Crippen molar-refractivity contribution in [2.24, 2.45) is 0 Å². The van der Waals surface area contributed by atoms with E-state index in [1.165, 1.54) is 0 Å². The van der Waals surface area contributed by atoms with E-state index in [0.29, 0.717) is 73.9 Å². The molecule has 0 aliphatic carbocycles. The second-order valence-electron chi connectivity index (χ2n) is 9.05. The SMILES string of the molecule is N#CCC[N+](CCC#N)(CCCCCC[N+](CCC#N)(CCC#N)CC(O)CCl)CC(O)CCl.[Cl-].[Cl-]. The molecule has 206 valence electrons. The molecule has 0 aromatic rings. The molecule has 2 atom stereocenters. The Balaban J connectivity index is -0.00000544. The summed E-state index contributed by atoms with van der Waals surface area (Å²) >= 11 is 11.7. The molecule has 2 N–H and O–H groups in total. The molecule has 0 bridgehead atoms. The number of hydrogen-bond acceptors (Lipinski definition) is 6. The first-order valence-corrected chi connectivity index (χ1v) is 13.1. The van der Waals surface area contributed by atoms with E-state index >= 15 is 0 Å². The fourth-order valence-corrected chi connectivity index (χ4v) is 4.80. The summed E-state index contributed by atoms with van der Waals surface area (Å²) in [5.41, 5.74) is 0. The van der Waals surface area contributed by atoms with Gasteiger partial charge in [-0.2, -0.15) is 21.0 Å². The first kappa shape index (κ1) is 39.5. The Morgan fingerprint density at radius 3 is 1.03 bits per heavy atom. The minimum Gasteiger partial charge on any atom is -1.00 e. The van der Waals surface area contributed by atoms with Crippen LogP contribution in [0, 0.1) is 45.3 Å². The molecule has 0 saturated heterocycles. The zero-order valence-corrected chi connectivity index (χ0v) is 24.0. The lowest BCUT2D eigenvalue weighted by Gasteiger charge is -2.40. The molecule has 0 fully saturated rings. The Kier molecular flexibility index (Phi) is 26.6. The Bertz CT molecular complexity index is 621. The van der Waals surface area contributed by atoms with E-state index in [4.69, 9.17) is 44.2 Å². The number of nitriles is 4. The second-order valence-corrected chi connectivity index (χ2v) is 9.67. The number of alkyl halides is 2. The van der Waals surface area contributed by atoms with Crippen LogP contribution in [0.25, 0.3) is 0 Å². The van der Waals surface area contributed by atoms with Crippen molar-refractivity contribution in [3.63, 3.8) is 0 Å². The first-order chi connectivity index (χ1) is 16.4. The molecule has 8 nitrogen and oxygen atoms in total. The molecule has 2 unspecified atom stereocenters. The van der Waals surface area contributed by atoms with Crippen LogP contribution in [0.1, 0.15) is 51.4 Å². The zero-order chi connectivity index (χ0) is 25.7. The van der Waals surface area contributed by atoms with Gasteiger partial charge in [0.2, 0.25) is 0 Å². The topological polar surface area (TPSA) is 136 Å². The lowest BCUT2D eigenvalue weighted by Crippen LogP contribution is -3.00. The molecule has 0 radical (unpaired) electrons. The quantitative estimate of drug-likeness (QED) is 0.0839. The molecule has 0 aromatic heterocycles. The maximum atomic E-state index is 10.2. The maximum absolute atomic E-state index is 10.2. The van der Waals surface area contributed by atoms with Gasteiger partial charge in [-0.1, -0.05) is 0 Å². The normalized spacial score (nSPS) is 12.6. The number of aliphatic hydroxyl groups is 2. The van der Waals surface area contributed by atoms with Crippen LogP contribution in [0.2, 0.25) is 0 Å². The van der Waals surface area contributed by atoms with Gasteiger partial charge in [0.1, 0.15) is 25.3 Å². The van der Waals surface area contributed by atoms with Crippen molar-refractivity contribution in [1.29, 1.82) is 21.0 Å². The van der Waals surface area contributed by atoms with Crippen LogP contribution in [-0.4, -0.2) is 95.5 Å². The third kappa shape index (κ3) is 17.4. The van der Waals surface area contributed by atoms with Gasteiger partial charge in [-0.3, -0.25) is 0 Å². The van der Waals surface area contributed by atoms with Gasteiger partial charge in [-0.15, -0.1) is 23.2 Å². The highest BCUT2D eigenvalue weighted by atomic mass is 35.5. The van der Waals surface area contributed by atoms with E-state index in [-0.39, 0.29) is 36.6 Å². The Hall–Kier alpha value is -1.04. The molecule has 0 amide bonds. The van der Waals surface area contributed by atoms with E-state index in [1.54, 1.807) is 0 Å². The van der Waals surface area contributed by atoms with Crippen LogP contribution in [0.4, 0.5) is 0 Å². The van der Waals surface area contributed by atoms with Crippen LogP contribution < -0.4 is 24.8 Å². The number of aliphatic hydroxyl groups excluding tert-OH is 2. The molecule has 36 heavy (non-hydrogen) atoms. The van der Waals surface area contributed by atoms with Gasteiger partial charge in [-0.25, -0.2) is 0 Å². The number of nitrogens with zero attached hydrogens (tertiary/aromatic N) is 6. The second kappa shape index (κ2) is 24.3. The van der Waals surface area contributed by atoms with E-state index in [2.05, 4.69) is 24.3 Å². The molecule has 0 aliphatic rings. The molecule has 0 aromatic carbocycles. The Labute approximate surface area is 239 Å². The van der Waals surface area contributed by atoms with E-state index < -0.39 is 12.2 Å². The van der Waals surface area contributed by atoms with Gasteiger partial charge in [-0.05, 0) is 25.7 Å². The molecule has 12 heteroatoms. The fourth-order valence-electron chi connectivity index (χ4n) is 4.61. The summed E-state index contributed by atoms with van der Waals surface area (Å²) in [5.74, 6) is 0.247. The monoisotopic (exact) mass is 584 g/mol. The molecular formula is C24H40Cl4N6O2. The number of unbranched alkanes of at least 4 members (excludes halogenated alkanes) is 3. The van der Waals surface area contributed by atoms with E-state index in [1.807, 2.05) is 0 Å². The Morgan fingerprint density at radius 1 is 0.528 bits per heavy atom. The highest BCUT2D eigenvalue weighted by molar-refractivity contribution is 6.18. The first-order valence-electron chi connectivity index (χ1n) is 12.0. The third-order valence-electron chi connectivity index (χ3n) is 6.36. The van der Waals surface area contributed by atoms with Crippen LogP contribution in [-0.2, 0) is 0 Å². The highest BCUT2D eigenvalue weighted by Crippen LogP contribution is 2.18. The summed E-state index contributed by atoms with van der Waals surface area (Å²) in [7, 11) is 0. The van der Waals surface area contributed by atoms with Crippen molar-refractivity contribution in [1.82, 2.24) is 0 Å². The van der Waals surface area contributed by atoms with Crippen LogP contribution in [0.5, 0.6) is 0 Å². The average molecular weight is 586 g/mol. The predicted molar refractivity (Wildman–Crippen MR) is 132 cm³/mol. The maximum Gasteiger partial charge on any atom is 0.116 e. The molecule has 0 spiro atoms. The number of quaternary nitrogens is 2. The Morgan fingerprint density at radius 2 is 0.806 bits per heavy atom. The lowest BCUT2D eigenvalue weighted by molar-refractivity contribution is -0.930. The van der Waals surface area contributed by atoms with Crippen molar-refractivity contribution in [2.45, 2.75) is 63.6 Å². The summed E-state index contributed by atoms with van der Waals surface area (Å²) in [6, 6.07) is 8.72. The number of halogens is 4. The van der Waals surface area contributed by atoms with E-state index in [0.717, 1.165) is 38.8 Å². The van der Waals surface area contributed by atoms with E-state index in [9.17, 15) is 10.2 Å². The highest BCUT2D eigenvalue weighted by Gasteiger charge is 2.31. The largest absolute Gasteiger partial charge is 1.00 e. The number of hydrogen-bond donors (Lipinski definition) is 2. The summed E-state index contributed by atoms with van der Waals surface area (Å²) in [6.07, 6.45) is 3.79. The van der Waals surface area contributed by atoms with Gasteiger partial charge >= 0.3 is 0 Å². The van der Waals surface area contributed by atoms with Gasteiger partial charge < -0.3 is 44.0 Å². The van der Waals surface area contributed by atoms with Gasteiger partial charge in [0, 0.05) is 0 Å². The summed E-state index contributed by atoms with van der Waals surface area (Å²) in [4.78, 5) is 0. The van der Waals surface area contributed by atoms with Crippen LogP contribution >= 0.6 is 23.2 Å². The summed E-state index contributed by atoms with van der Waals surface area (Å²) in [6.45, 7) is 4.76. The summed E-state index contributed by atoms with van der Waals surface area (Å²) < 4.78 is 1.03. The molecular weight excluding hydrogens is 546 g/mol. The van der Waals surface area contributed by atoms with Crippen molar-refractivity contribution in [3.8, 4) is 24.3 Å². The lowest BCUT2D eigenvalue weighted by atomic mass is 10.1. The zero-order valence-electron chi connectivity index (χ0n) is 21.0. The van der Waals surface area contributed by atoms with Crippen LogP contribution in [0.3, 0.4) is 0 Å². The molecule has 0 saturated carbocycles. The molecule has 0 aliphatic heterocycles. The minimum atomic E-state index is -0.675. The summed E-state index contributed by atoms with van der Waals surface area (Å²) in [5, 5.41) is 56.7.